The smallest absolute Gasteiger partial charge is 0.441 e. The average molecular weight is 531 g/mol. The van der Waals surface area contributed by atoms with Crippen LogP contribution < -0.4 is 0 Å². The molecule has 4 rings (SSSR count). The molecule has 37 heavy (non-hydrogen) atoms. The first kappa shape index (κ1) is 27.1. The lowest BCUT2D eigenvalue weighted by Crippen LogP contribution is -2.45. The van der Waals surface area contributed by atoms with Crippen molar-refractivity contribution in [3.8, 4) is 0 Å². The second kappa shape index (κ2) is 12.6. The minimum Gasteiger partial charge on any atom is -0.441 e. The van der Waals surface area contributed by atoms with Crippen LogP contribution in [0.4, 0.5) is 10.5 Å². The van der Waals surface area contributed by atoms with E-state index in [0.717, 1.165) is 17.7 Å². The third kappa shape index (κ3) is 7.32. The minimum absolute atomic E-state index is 0.0417. The van der Waals surface area contributed by atoms with Gasteiger partial charge in [-0.25, -0.2) is 4.79 Å². The van der Waals surface area contributed by atoms with Gasteiger partial charge in [-0.05, 0) is 21.6 Å². The van der Waals surface area contributed by atoms with E-state index in [4.69, 9.17) is 14.0 Å². The van der Waals surface area contributed by atoms with E-state index in [2.05, 4.69) is 18.7 Å². The molecule has 10 nitrogen and oxygen atoms in total. The quantitative estimate of drug-likeness (QED) is 0.241. The summed E-state index contributed by atoms with van der Waals surface area (Å²) in [5.74, 6) is 0.337. The Morgan fingerprint density at radius 3 is 2.54 bits per heavy atom. The van der Waals surface area contributed by atoms with Gasteiger partial charge < -0.3 is 9.47 Å². The zero-order chi connectivity index (χ0) is 26.4. The Morgan fingerprint density at radius 2 is 1.92 bits per heavy atom. The molecule has 0 radical (unpaired) electrons. The number of ether oxygens (including phenoxy) is 2. The molecule has 4 atom stereocenters. The van der Waals surface area contributed by atoms with E-state index in [1.54, 1.807) is 12.1 Å². The van der Waals surface area contributed by atoms with Crippen molar-refractivity contribution in [1.29, 1.82) is 0 Å². The first-order valence-electron chi connectivity index (χ1n) is 12.5. The van der Waals surface area contributed by atoms with Crippen molar-refractivity contribution in [1.82, 2.24) is 9.57 Å². The summed E-state index contributed by atoms with van der Waals surface area (Å²) in [7, 11) is -2.42. The van der Waals surface area contributed by atoms with Gasteiger partial charge in [0.05, 0.1) is 18.1 Å². The van der Waals surface area contributed by atoms with Crippen LogP contribution in [-0.2, 0) is 31.5 Å². The van der Waals surface area contributed by atoms with Crippen LogP contribution in [-0.4, -0.2) is 65.1 Å². The van der Waals surface area contributed by atoms with Crippen LogP contribution >= 0.6 is 8.18 Å². The fourth-order valence-corrected chi connectivity index (χ4v) is 5.90. The van der Waals surface area contributed by atoms with Crippen molar-refractivity contribution < 1.29 is 28.3 Å². The Hall–Kier alpha value is -2.91. The number of nitro groups is 1. The highest BCUT2D eigenvalue weighted by Crippen LogP contribution is 2.44. The van der Waals surface area contributed by atoms with Crippen LogP contribution in [0.5, 0.6) is 0 Å². The topological polar surface area (TPSA) is 111 Å². The molecule has 0 bridgehead atoms. The zero-order valence-corrected chi connectivity index (χ0v) is 22.0. The van der Waals surface area contributed by atoms with Gasteiger partial charge >= 0.3 is 14.3 Å². The summed E-state index contributed by atoms with van der Waals surface area (Å²) >= 11 is 0. The molecular formula is C26H33N3O7P+. The third-order valence-corrected chi connectivity index (χ3v) is 7.65. The summed E-state index contributed by atoms with van der Waals surface area (Å²) in [6.07, 6.45) is -0.428. The molecule has 2 saturated heterocycles. The highest BCUT2D eigenvalue weighted by molar-refractivity contribution is 7.37. The molecule has 0 N–H and O–H groups in total. The summed E-state index contributed by atoms with van der Waals surface area (Å²) in [6, 6.07) is 15.7. The SMILES string of the molecule is CC(C)CN(Cc1ccc([N+](=O)[O-])cc1)C[C@H]1O[P+](=O)N(C(=O)O[C@H]2CCOC2)[C@H]1Cc1ccccc1. The lowest BCUT2D eigenvalue weighted by Gasteiger charge is -2.28. The van der Waals surface area contributed by atoms with Crippen LogP contribution in [0, 0.1) is 16.0 Å². The second-order valence-electron chi connectivity index (χ2n) is 9.86. The van der Waals surface area contributed by atoms with E-state index < -0.39 is 31.3 Å². The molecule has 11 heteroatoms. The molecule has 0 aromatic heterocycles. The number of nitrogens with zero attached hydrogens (tertiary/aromatic N) is 3. The average Bonchev–Trinajstić information content (AvgIpc) is 3.47. The maximum absolute atomic E-state index is 13.1. The normalized spacial score (nSPS) is 22.6. The lowest BCUT2D eigenvalue weighted by molar-refractivity contribution is -0.384. The number of hydrogen-bond donors (Lipinski definition) is 0. The van der Waals surface area contributed by atoms with E-state index in [0.29, 0.717) is 45.1 Å². The van der Waals surface area contributed by atoms with Gasteiger partial charge in [0, 0.05) is 44.6 Å². The molecule has 0 spiro atoms. The summed E-state index contributed by atoms with van der Waals surface area (Å²) in [6.45, 7) is 6.78. The second-order valence-corrected chi connectivity index (χ2v) is 11.0. The maximum Gasteiger partial charge on any atom is 0.652 e. The Bertz CT molecular complexity index is 1080. The molecule has 198 valence electrons. The van der Waals surface area contributed by atoms with E-state index in [9.17, 15) is 19.5 Å². The van der Waals surface area contributed by atoms with Gasteiger partial charge in [-0.2, -0.15) is 0 Å². The van der Waals surface area contributed by atoms with Crippen molar-refractivity contribution in [2.24, 2.45) is 5.92 Å². The number of benzene rings is 2. The number of carbonyl (C=O) groups excluding carboxylic acids is 1. The molecule has 2 fully saturated rings. The summed E-state index contributed by atoms with van der Waals surface area (Å²) < 4.78 is 31.2. The molecule has 2 aliphatic rings. The minimum atomic E-state index is -2.42. The predicted octanol–water partition coefficient (Wildman–Crippen LogP) is 4.95. The molecular weight excluding hydrogens is 497 g/mol. The predicted molar refractivity (Wildman–Crippen MR) is 137 cm³/mol. The van der Waals surface area contributed by atoms with Crippen molar-refractivity contribution in [3.63, 3.8) is 0 Å². The number of rotatable bonds is 10. The first-order chi connectivity index (χ1) is 17.8. The Labute approximate surface area is 217 Å². The fourth-order valence-electron chi connectivity index (χ4n) is 4.70. The maximum atomic E-state index is 13.1. The van der Waals surface area contributed by atoms with Gasteiger partial charge in [0.25, 0.3) is 5.69 Å². The van der Waals surface area contributed by atoms with E-state index in [-0.39, 0.29) is 11.8 Å². The summed E-state index contributed by atoms with van der Waals surface area (Å²) in [4.78, 5) is 25.9. The van der Waals surface area contributed by atoms with E-state index in [1.807, 2.05) is 30.3 Å². The van der Waals surface area contributed by atoms with Crippen molar-refractivity contribution in [2.75, 3.05) is 26.3 Å². The Kier molecular flexibility index (Phi) is 9.21. The highest BCUT2D eigenvalue weighted by atomic mass is 31.1. The Morgan fingerprint density at radius 1 is 1.19 bits per heavy atom. The lowest BCUT2D eigenvalue weighted by atomic mass is 10.00. The van der Waals surface area contributed by atoms with Crippen LogP contribution in [0.1, 0.15) is 31.4 Å². The third-order valence-electron chi connectivity index (χ3n) is 6.39. The van der Waals surface area contributed by atoms with Crippen molar-refractivity contribution in [3.05, 3.63) is 75.8 Å². The Balaban J connectivity index is 1.53. The number of hydrogen-bond acceptors (Lipinski definition) is 8. The van der Waals surface area contributed by atoms with Gasteiger partial charge in [-0.15, -0.1) is 4.52 Å². The highest BCUT2D eigenvalue weighted by Gasteiger charge is 2.57. The molecule has 2 aromatic rings. The number of carbonyl (C=O) groups is 1. The molecule has 2 aromatic carbocycles. The van der Waals surface area contributed by atoms with E-state index in [1.165, 1.54) is 16.8 Å². The summed E-state index contributed by atoms with van der Waals surface area (Å²) in [5.41, 5.74) is 1.96. The van der Waals surface area contributed by atoms with Crippen molar-refractivity contribution >= 4 is 20.0 Å². The van der Waals surface area contributed by atoms with Crippen LogP contribution in [0.15, 0.2) is 54.6 Å². The van der Waals surface area contributed by atoms with Crippen molar-refractivity contribution in [2.45, 2.75) is 51.5 Å². The van der Waals surface area contributed by atoms with Gasteiger partial charge in [0.2, 0.25) is 0 Å². The van der Waals surface area contributed by atoms with Crippen LogP contribution in [0.2, 0.25) is 0 Å². The van der Waals surface area contributed by atoms with Gasteiger partial charge in [0.1, 0.15) is 12.1 Å². The number of amides is 1. The van der Waals surface area contributed by atoms with Crippen LogP contribution in [0.3, 0.4) is 0 Å². The van der Waals surface area contributed by atoms with Gasteiger partial charge in [0.15, 0.2) is 6.10 Å². The monoisotopic (exact) mass is 530 g/mol. The number of nitro benzene ring substituents is 1. The molecule has 1 amide bonds. The fraction of sp³-hybridized carbons (Fsp3) is 0.500. The van der Waals surface area contributed by atoms with E-state index >= 15 is 0 Å². The molecule has 0 saturated carbocycles. The molecule has 0 aliphatic carbocycles. The standard InChI is InChI=1S/C26H33N3O7P/c1-19(2)15-27(16-21-8-10-22(11-9-21)29(31)32)17-25-24(14-20-6-4-3-5-7-20)28(37(33)36-25)26(30)35-23-12-13-34-18-23/h3-11,19,23-25H,12-18H2,1-2H3/q+1/t23-,24-,25+/m0/s1. The molecule has 1 unspecified atom stereocenters. The van der Waals surface area contributed by atoms with Gasteiger partial charge in [-0.3, -0.25) is 15.0 Å². The van der Waals surface area contributed by atoms with Gasteiger partial charge in [-0.1, -0.05) is 61.0 Å². The van der Waals surface area contributed by atoms with Crippen LogP contribution in [0.25, 0.3) is 0 Å². The summed E-state index contributed by atoms with van der Waals surface area (Å²) in [5, 5.41) is 11.0. The first-order valence-corrected chi connectivity index (χ1v) is 13.6. The zero-order valence-electron chi connectivity index (χ0n) is 21.1. The largest absolute Gasteiger partial charge is 0.652 e. The number of non-ortho nitro benzene ring substituents is 1. The molecule has 2 heterocycles. The molecule has 2 aliphatic heterocycles.